The molecule has 1 unspecified atom stereocenters. The molecule has 0 amide bonds. The van der Waals surface area contributed by atoms with Gasteiger partial charge in [-0.25, -0.2) is 4.79 Å². The minimum absolute atomic E-state index is 0.282. The second kappa shape index (κ2) is 7.12. The third kappa shape index (κ3) is 3.64. The van der Waals surface area contributed by atoms with Crippen LogP contribution >= 0.6 is 0 Å². The molecule has 1 saturated heterocycles. The number of ether oxygens (including phenoxy) is 2. The predicted octanol–water partition coefficient (Wildman–Crippen LogP) is 1.06. The number of H-pyrrole nitrogens is 1. The number of aromatic amines is 1. The Bertz CT molecular complexity index is 799. The van der Waals surface area contributed by atoms with Crippen molar-refractivity contribution in [1.29, 1.82) is 0 Å². The molecule has 1 fully saturated rings. The normalized spacial score (nSPS) is 21.8. The van der Waals surface area contributed by atoms with Gasteiger partial charge in [0.1, 0.15) is 12.3 Å². The molecule has 1 aliphatic heterocycles. The summed E-state index contributed by atoms with van der Waals surface area (Å²) in [6, 6.07) is 9.53. The second-order valence-corrected chi connectivity index (χ2v) is 5.87. The third-order valence-corrected chi connectivity index (χ3v) is 4.07. The van der Waals surface area contributed by atoms with Crippen molar-refractivity contribution in [3.05, 3.63) is 68.5 Å². The van der Waals surface area contributed by atoms with E-state index in [-0.39, 0.29) is 6.61 Å². The number of nitrogens with one attached hydrogen (secondary N) is 1. The number of aromatic nitrogens is 2. The minimum atomic E-state index is -1.07. The molecule has 3 atom stereocenters. The summed E-state index contributed by atoms with van der Waals surface area (Å²) in [6.07, 6.45) is 0.485. The van der Waals surface area contributed by atoms with Crippen LogP contribution in [-0.4, -0.2) is 27.1 Å². The molecule has 2 aromatic rings. The summed E-state index contributed by atoms with van der Waals surface area (Å²) < 4.78 is 12.5. The monoisotopic (exact) mass is 332 g/mol. The summed E-state index contributed by atoms with van der Waals surface area (Å²) in [5, 5.41) is 10.2. The molecular weight excluding hydrogens is 312 g/mol. The van der Waals surface area contributed by atoms with Gasteiger partial charge in [0.15, 0.2) is 6.29 Å². The van der Waals surface area contributed by atoms with Gasteiger partial charge in [-0.1, -0.05) is 30.3 Å². The molecule has 3 rings (SSSR count). The largest absolute Gasteiger partial charge is 0.366 e. The van der Waals surface area contributed by atoms with Gasteiger partial charge in [0.2, 0.25) is 0 Å². The quantitative estimate of drug-likeness (QED) is 0.799. The first-order chi connectivity index (χ1) is 11.5. The maximum absolute atomic E-state index is 11.9. The Hall–Kier alpha value is -2.22. The van der Waals surface area contributed by atoms with Crippen LogP contribution in [0.15, 0.2) is 46.1 Å². The van der Waals surface area contributed by atoms with E-state index in [0.717, 1.165) is 5.56 Å². The number of hydrogen-bond acceptors (Lipinski definition) is 5. The summed E-state index contributed by atoms with van der Waals surface area (Å²) in [7, 11) is 0. The van der Waals surface area contributed by atoms with Gasteiger partial charge in [-0.05, 0) is 25.3 Å². The van der Waals surface area contributed by atoms with Gasteiger partial charge in [0.05, 0.1) is 6.61 Å². The number of aryl methyl sites for hydroxylation is 1. The molecule has 2 N–H and O–H groups in total. The van der Waals surface area contributed by atoms with Crippen molar-refractivity contribution in [2.24, 2.45) is 0 Å². The lowest BCUT2D eigenvalue weighted by Crippen LogP contribution is -2.34. The second-order valence-electron chi connectivity index (χ2n) is 5.87. The maximum Gasteiger partial charge on any atom is 0.330 e. The van der Waals surface area contributed by atoms with Gasteiger partial charge in [-0.3, -0.25) is 14.3 Å². The van der Waals surface area contributed by atoms with Crippen molar-refractivity contribution in [2.45, 2.75) is 45.0 Å². The number of benzene rings is 1. The van der Waals surface area contributed by atoms with Crippen molar-refractivity contribution in [3.63, 3.8) is 0 Å². The van der Waals surface area contributed by atoms with E-state index in [2.05, 4.69) is 4.98 Å². The molecule has 2 heterocycles. The van der Waals surface area contributed by atoms with Crippen LogP contribution in [0.3, 0.4) is 0 Å². The topological polar surface area (TPSA) is 93.6 Å². The first-order valence-electron chi connectivity index (χ1n) is 7.85. The van der Waals surface area contributed by atoms with Crippen LogP contribution in [0.2, 0.25) is 0 Å². The van der Waals surface area contributed by atoms with E-state index in [1.807, 2.05) is 30.3 Å². The number of nitrogens with zero attached hydrogens (tertiary/aromatic N) is 1. The Labute approximate surface area is 138 Å². The van der Waals surface area contributed by atoms with E-state index in [1.54, 1.807) is 6.92 Å². The van der Waals surface area contributed by atoms with Crippen LogP contribution in [0.4, 0.5) is 0 Å². The molecule has 0 saturated carbocycles. The highest BCUT2D eigenvalue weighted by molar-refractivity contribution is 5.13. The Balaban J connectivity index is 1.62. The maximum atomic E-state index is 11.9. The standard InChI is InChI=1S/C17H20N2O5/c1-11-9-19(17(22)18-15(11)20)14-8-7-13(24-14)16(21)23-10-12-5-3-2-4-6-12/h2-6,9,13-14,16,21H,7-8,10H2,1H3,(H,18,20,22)/t13-,14+,16?/m0/s1. The van der Waals surface area contributed by atoms with Gasteiger partial charge < -0.3 is 14.6 Å². The van der Waals surface area contributed by atoms with Crippen molar-refractivity contribution >= 4 is 0 Å². The van der Waals surface area contributed by atoms with Crippen molar-refractivity contribution in [1.82, 2.24) is 9.55 Å². The van der Waals surface area contributed by atoms with Crippen molar-refractivity contribution in [2.75, 3.05) is 0 Å². The lowest BCUT2D eigenvalue weighted by Gasteiger charge is -2.20. The molecule has 0 radical (unpaired) electrons. The molecule has 1 aromatic heterocycles. The molecule has 1 aliphatic rings. The average Bonchev–Trinajstić information content (AvgIpc) is 3.07. The van der Waals surface area contributed by atoms with Gasteiger partial charge in [0.25, 0.3) is 5.56 Å². The SMILES string of the molecule is Cc1cn([C@H]2CC[C@@H](C(O)OCc3ccccc3)O2)c(=O)[nH]c1=O. The highest BCUT2D eigenvalue weighted by Crippen LogP contribution is 2.29. The van der Waals surface area contributed by atoms with Crippen LogP contribution in [0, 0.1) is 6.92 Å². The van der Waals surface area contributed by atoms with Gasteiger partial charge in [-0.15, -0.1) is 0 Å². The molecule has 7 heteroatoms. The summed E-state index contributed by atoms with van der Waals surface area (Å²) >= 11 is 0. The Morgan fingerprint density at radius 2 is 2.08 bits per heavy atom. The highest BCUT2D eigenvalue weighted by Gasteiger charge is 2.33. The predicted molar refractivity (Wildman–Crippen MR) is 86.4 cm³/mol. The highest BCUT2D eigenvalue weighted by atomic mass is 16.6. The van der Waals surface area contributed by atoms with Crippen LogP contribution in [0.1, 0.15) is 30.2 Å². The van der Waals surface area contributed by atoms with Gasteiger partial charge >= 0.3 is 5.69 Å². The number of aliphatic hydroxyl groups excluding tert-OH is 1. The van der Waals surface area contributed by atoms with E-state index >= 15 is 0 Å². The zero-order chi connectivity index (χ0) is 17.1. The van der Waals surface area contributed by atoms with Crippen molar-refractivity contribution < 1.29 is 14.6 Å². The number of aliphatic hydroxyl groups is 1. The van der Waals surface area contributed by atoms with E-state index in [1.165, 1.54) is 10.8 Å². The Morgan fingerprint density at radius 1 is 1.33 bits per heavy atom. The number of hydrogen-bond donors (Lipinski definition) is 2. The first kappa shape index (κ1) is 16.6. The van der Waals surface area contributed by atoms with Crippen LogP contribution in [0.25, 0.3) is 0 Å². The minimum Gasteiger partial charge on any atom is -0.366 e. The fourth-order valence-corrected chi connectivity index (χ4v) is 2.72. The lowest BCUT2D eigenvalue weighted by molar-refractivity contribution is -0.187. The Kier molecular flexibility index (Phi) is 4.94. The summed E-state index contributed by atoms with van der Waals surface area (Å²) in [5.74, 6) is 0. The third-order valence-electron chi connectivity index (χ3n) is 4.07. The zero-order valence-corrected chi connectivity index (χ0v) is 13.3. The summed E-state index contributed by atoms with van der Waals surface area (Å²) in [6.45, 7) is 1.91. The zero-order valence-electron chi connectivity index (χ0n) is 13.3. The van der Waals surface area contributed by atoms with Gasteiger partial charge in [0, 0.05) is 11.8 Å². The molecule has 0 bridgehead atoms. The van der Waals surface area contributed by atoms with E-state index in [9.17, 15) is 14.7 Å². The molecular formula is C17H20N2O5. The summed E-state index contributed by atoms with van der Waals surface area (Å²) in [4.78, 5) is 25.6. The Morgan fingerprint density at radius 3 is 2.83 bits per heavy atom. The van der Waals surface area contributed by atoms with Crippen LogP contribution in [0.5, 0.6) is 0 Å². The summed E-state index contributed by atoms with van der Waals surface area (Å²) in [5.41, 5.74) is 0.467. The van der Waals surface area contributed by atoms with E-state index in [0.29, 0.717) is 18.4 Å². The fraction of sp³-hybridized carbons (Fsp3) is 0.412. The molecule has 24 heavy (non-hydrogen) atoms. The van der Waals surface area contributed by atoms with Crippen molar-refractivity contribution in [3.8, 4) is 0 Å². The first-order valence-corrected chi connectivity index (χ1v) is 7.85. The van der Waals surface area contributed by atoms with Crippen LogP contribution in [-0.2, 0) is 16.1 Å². The molecule has 0 aliphatic carbocycles. The van der Waals surface area contributed by atoms with E-state index < -0.39 is 29.9 Å². The lowest BCUT2D eigenvalue weighted by atomic mass is 10.2. The molecule has 7 nitrogen and oxygen atoms in total. The molecule has 1 aromatic carbocycles. The number of rotatable bonds is 5. The van der Waals surface area contributed by atoms with E-state index in [4.69, 9.17) is 9.47 Å². The smallest absolute Gasteiger partial charge is 0.330 e. The molecule has 128 valence electrons. The van der Waals surface area contributed by atoms with Gasteiger partial charge in [-0.2, -0.15) is 0 Å². The average molecular weight is 332 g/mol. The molecule has 0 spiro atoms. The van der Waals surface area contributed by atoms with Crippen LogP contribution < -0.4 is 11.2 Å². The fourth-order valence-electron chi connectivity index (χ4n) is 2.72.